The third-order valence-electron chi connectivity index (χ3n) is 3.50. The Kier molecular flexibility index (Phi) is 3.52. The molecule has 3 aromatic rings. The van der Waals surface area contributed by atoms with Crippen LogP contribution in [-0.2, 0) is 4.84 Å². The summed E-state index contributed by atoms with van der Waals surface area (Å²) in [6, 6.07) is 14.3. The fourth-order valence-electron chi connectivity index (χ4n) is 2.33. The second kappa shape index (κ2) is 5.50. The number of hydrogen-bond acceptors (Lipinski definition) is 3. The first-order valence-corrected chi connectivity index (χ1v) is 6.74. The van der Waals surface area contributed by atoms with Crippen LogP contribution in [0.15, 0.2) is 59.5 Å². The standard InChI is InChI=1S/C16H15N3O3/c1-17(22-2)15(20)14-11-13-9-6-10-18(13)16(21)19(14)12-7-4-3-5-8-12/h3-11H,1-2H3. The molecule has 2 aromatic heterocycles. The molecule has 6 heteroatoms. The summed E-state index contributed by atoms with van der Waals surface area (Å²) in [4.78, 5) is 30.2. The van der Waals surface area contributed by atoms with Gasteiger partial charge in [-0.3, -0.25) is 18.6 Å². The molecule has 0 atom stereocenters. The molecule has 0 aliphatic heterocycles. The Morgan fingerprint density at radius 3 is 2.55 bits per heavy atom. The van der Waals surface area contributed by atoms with Gasteiger partial charge in [-0.15, -0.1) is 0 Å². The van der Waals surface area contributed by atoms with Gasteiger partial charge in [-0.1, -0.05) is 18.2 Å². The van der Waals surface area contributed by atoms with Crippen molar-refractivity contribution in [1.29, 1.82) is 0 Å². The van der Waals surface area contributed by atoms with Crippen molar-refractivity contribution in [2.75, 3.05) is 14.2 Å². The lowest BCUT2D eigenvalue weighted by Gasteiger charge is -2.18. The van der Waals surface area contributed by atoms with E-state index in [1.165, 1.54) is 23.1 Å². The number of amides is 1. The van der Waals surface area contributed by atoms with Crippen molar-refractivity contribution >= 4 is 11.4 Å². The summed E-state index contributed by atoms with van der Waals surface area (Å²) >= 11 is 0. The molecule has 112 valence electrons. The summed E-state index contributed by atoms with van der Waals surface area (Å²) in [7, 11) is 2.91. The molecule has 0 aliphatic carbocycles. The quantitative estimate of drug-likeness (QED) is 0.692. The summed E-state index contributed by atoms with van der Waals surface area (Å²) < 4.78 is 2.88. The van der Waals surface area contributed by atoms with Gasteiger partial charge >= 0.3 is 5.69 Å². The molecule has 2 heterocycles. The number of para-hydroxylation sites is 1. The van der Waals surface area contributed by atoms with Gasteiger partial charge < -0.3 is 0 Å². The van der Waals surface area contributed by atoms with Crippen LogP contribution in [0.4, 0.5) is 0 Å². The minimum Gasteiger partial charge on any atom is -0.274 e. The zero-order valence-electron chi connectivity index (χ0n) is 12.3. The van der Waals surface area contributed by atoms with E-state index in [0.29, 0.717) is 11.2 Å². The van der Waals surface area contributed by atoms with Crippen LogP contribution < -0.4 is 5.69 Å². The van der Waals surface area contributed by atoms with Gasteiger partial charge in [0.2, 0.25) is 0 Å². The molecule has 0 spiro atoms. The van der Waals surface area contributed by atoms with Crippen LogP contribution in [0.25, 0.3) is 11.2 Å². The number of rotatable bonds is 3. The van der Waals surface area contributed by atoms with Gasteiger partial charge in [0.1, 0.15) is 5.69 Å². The highest BCUT2D eigenvalue weighted by Crippen LogP contribution is 2.13. The van der Waals surface area contributed by atoms with E-state index in [1.807, 2.05) is 18.2 Å². The zero-order chi connectivity index (χ0) is 15.7. The van der Waals surface area contributed by atoms with Crippen molar-refractivity contribution in [2.45, 2.75) is 0 Å². The molecule has 0 saturated carbocycles. The van der Waals surface area contributed by atoms with E-state index in [-0.39, 0.29) is 11.4 Å². The van der Waals surface area contributed by atoms with Gasteiger partial charge in [-0.25, -0.2) is 9.86 Å². The van der Waals surface area contributed by atoms with Crippen molar-refractivity contribution in [2.24, 2.45) is 0 Å². The van der Waals surface area contributed by atoms with Gasteiger partial charge in [0.25, 0.3) is 5.91 Å². The van der Waals surface area contributed by atoms with Crippen LogP contribution in [0.5, 0.6) is 0 Å². The second-order valence-corrected chi connectivity index (χ2v) is 4.77. The molecular formula is C16H15N3O3. The molecule has 1 aromatic carbocycles. The number of nitrogens with zero attached hydrogens (tertiary/aromatic N) is 3. The highest BCUT2D eigenvalue weighted by Gasteiger charge is 2.20. The van der Waals surface area contributed by atoms with E-state index >= 15 is 0 Å². The fourth-order valence-corrected chi connectivity index (χ4v) is 2.33. The molecule has 0 fully saturated rings. The number of carbonyl (C=O) groups is 1. The summed E-state index contributed by atoms with van der Waals surface area (Å²) in [5.74, 6) is -0.396. The van der Waals surface area contributed by atoms with E-state index in [2.05, 4.69) is 0 Å². The average Bonchev–Trinajstić information content (AvgIpc) is 3.03. The topological polar surface area (TPSA) is 56.0 Å². The summed E-state index contributed by atoms with van der Waals surface area (Å²) in [5, 5.41) is 1.09. The lowest BCUT2D eigenvalue weighted by Crippen LogP contribution is -2.34. The summed E-state index contributed by atoms with van der Waals surface area (Å²) in [6.07, 6.45) is 1.67. The molecule has 1 amide bonds. The molecule has 6 nitrogen and oxygen atoms in total. The van der Waals surface area contributed by atoms with Crippen LogP contribution in [0.1, 0.15) is 10.5 Å². The maximum Gasteiger partial charge on any atom is 0.337 e. The monoisotopic (exact) mass is 297 g/mol. The molecule has 0 aliphatic rings. The molecule has 0 unspecified atom stereocenters. The van der Waals surface area contributed by atoms with Gasteiger partial charge in [-0.05, 0) is 30.3 Å². The predicted octanol–water partition coefficient (Wildman–Crippen LogP) is 1.72. The molecule has 22 heavy (non-hydrogen) atoms. The highest BCUT2D eigenvalue weighted by atomic mass is 16.7. The number of benzene rings is 1. The minimum atomic E-state index is -0.396. The normalized spacial score (nSPS) is 10.8. The SMILES string of the molecule is CON(C)C(=O)c1cc2cccn2c(=O)n1-c1ccccc1. The molecule has 0 saturated heterocycles. The Hall–Kier alpha value is -2.86. The average molecular weight is 297 g/mol. The Morgan fingerprint density at radius 2 is 1.86 bits per heavy atom. The van der Waals surface area contributed by atoms with Gasteiger partial charge in [0.05, 0.1) is 18.3 Å². The third kappa shape index (κ3) is 2.19. The van der Waals surface area contributed by atoms with Gasteiger partial charge in [0.15, 0.2) is 0 Å². The highest BCUT2D eigenvalue weighted by molar-refractivity contribution is 5.93. The molecule has 0 N–H and O–H groups in total. The van der Waals surface area contributed by atoms with Crippen molar-refractivity contribution in [3.63, 3.8) is 0 Å². The number of aromatic nitrogens is 2. The second-order valence-electron chi connectivity index (χ2n) is 4.77. The van der Waals surface area contributed by atoms with E-state index < -0.39 is 5.91 Å². The largest absolute Gasteiger partial charge is 0.337 e. The fraction of sp³-hybridized carbons (Fsp3) is 0.125. The van der Waals surface area contributed by atoms with Gasteiger partial charge in [-0.2, -0.15) is 0 Å². The Morgan fingerprint density at radius 1 is 1.14 bits per heavy atom. The first-order chi connectivity index (χ1) is 10.6. The lowest BCUT2D eigenvalue weighted by atomic mass is 10.2. The maximum absolute atomic E-state index is 12.7. The molecule has 3 rings (SSSR count). The van der Waals surface area contributed by atoms with E-state index in [1.54, 1.807) is 36.5 Å². The van der Waals surface area contributed by atoms with Crippen LogP contribution in [0.3, 0.4) is 0 Å². The molecular weight excluding hydrogens is 282 g/mol. The zero-order valence-corrected chi connectivity index (χ0v) is 12.3. The molecule has 0 radical (unpaired) electrons. The number of hydrogen-bond donors (Lipinski definition) is 0. The number of carbonyl (C=O) groups excluding carboxylic acids is 1. The summed E-state index contributed by atoms with van der Waals surface area (Å²) in [5.41, 5.74) is 1.22. The van der Waals surface area contributed by atoms with E-state index in [0.717, 1.165) is 5.06 Å². The Bertz CT molecular complexity index is 881. The Labute approximate surface area is 126 Å². The van der Waals surface area contributed by atoms with Crippen LogP contribution in [0.2, 0.25) is 0 Å². The molecule has 0 bridgehead atoms. The smallest absolute Gasteiger partial charge is 0.274 e. The van der Waals surface area contributed by atoms with E-state index in [4.69, 9.17) is 4.84 Å². The Balaban J connectivity index is 2.34. The van der Waals surface area contributed by atoms with Crippen LogP contribution in [0, 0.1) is 0 Å². The van der Waals surface area contributed by atoms with Crippen molar-refractivity contribution in [1.82, 2.24) is 14.0 Å². The van der Waals surface area contributed by atoms with Crippen LogP contribution in [-0.4, -0.2) is 34.1 Å². The first kappa shape index (κ1) is 14.1. The van der Waals surface area contributed by atoms with Crippen molar-refractivity contribution in [3.8, 4) is 5.69 Å². The van der Waals surface area contributed by atoms with Crippen LogP contribution >= 0.6 is 0 Å². The maximum atomic E-state index is 12.7. The lowest BCUT2D eigenvalue weighted by molar-refractivity contribution is -0.0762. The summed E-state index contributed by atoms with van der Waals surface area (Å²) in [6.45, 7) is 0. The third-order valence-corrected chi connectivity index (χ3v) is 3.50. The van der Waals surface area contributed by atoms with Crippen molar-refractivity contribution < 1.29 is 9.63 Å². The first-order valence-electron chi connectivity index (χ1n) is 6.74. The number of hydroxylamine groups is 2. The predicted molar refractivity (Wildman–Crippen MR) is 82.1 cm³/mol. The minimum absolute atomic E-state index is 0.242. The van der Waals surface area contributed by atoms with Crippen molar-refractivity contribution in [3.05, 3.63) is 70.9 Å². The van der Waals surface area contributed by atoms with E-state index in [9.17, 15) is 9.59 Å². The van der Waals surface area contributed by atoms with Gasteiger partial charge in [0, 0.05) is 13.2 Å². The number of fused-ring (bicyclic) bond motifs is 1.